The van der Waals surface area contributed by atoms with Crippen LogP contribution in [0.25, 0.3) is 0 Å². The van der Waals surface area contributed by atoms with Crippen LogP contribution in [0, 0.1) is 5.92 Å². The number of hydrogen-bond acceptors (Lipinski definition) is 3. The zero-order chi connectivity index (χ0) is 17.0. The molecule has 0 aromatic heterocycles. The fraction of sp³-hybridized carbons (Fsp3) is 0.947. The zero-order valence-electron chi connectivity index (χ0n) is 16.3. The number of piperidine rings is 1. The number of ether oxygens (including phenoxy) is 1. The lowest BCUT2D eigenvalue weighted by Crippen LogP contribution is -2.40. The van der Waals surface area contributed by atoms with Crippen molar-refractivity contribution < 1.29 is 4.74 Å². The maximum Gasteiger partial charge on any atom is 0.191 e. The molecule has 1 aliphatic carbocycles. The Kier molecular flexibility index (Phi) is 12.9. The third-order valence-corrected chi connectivity index (χ3v) is 5.46. The molecule has 1 saturated heterocycles. The van der Waals surface area contributed by atoms with Crippen LogP contribution in [0.3, 0.4) is 0 Å². The summed E-state index contributed by atoms with van der Waals surface area (Å²) in [6, 6.07) is 0. The van der Waals surface area contributed by atoms with Crippen molar-refractivity contribution in [2.24, 2.45) is 10.9 Å². The monoisotopic (exact) mass is 466 g/mol. The van der Waals surface area contributed by atoms with Crippen LogP contribution in [0.2, 0.25) is 0 Å². The number of halogens is 1. The maximum absolute atomic E-state index is 6.02. The SMILES string of the molecule is CN=C(NCCOC1CCCCCC1)NCCC1CCN(C)CC1.I. The number of likely N-dealkylation sites (tertiary alicyclic amines) is 1. The predicted octanol–water partition coefficient (Wildman–Crippen LogP) is 3.24. The third-order valence-electron chi connectivity index (χ3n) is 5.46. The van der Waals surface area contributed by atoms with Gasteiger partial charge in [0.15, 0.2) is 5.96 Å². The van der Waals surface area contributed by atoms with Gasteiger partial charge >= 0.3 is 0 Å². The van der Waals surface area contributed by atoms with Gasteiger partial charge in [-0.2, -0.15) is 0 Å². The number of guanidine groups is 1. The lowest BCUT2D eigenvalue weighted by atomic mass is 9.94. The predicted molar refractivity (Wildman–Crippen MR) is 117 cm³/mol. The first-order chi connectivity index (χ1) is 11.8. The van der Waals surface area contributed by atoms with E-state index >= 15 is 0 Å². The molecule has 2 aliphatic rings. The van der Waals surface area contributed by atoms with Crippen LogP contribution in [0.15, 0.2) is 4.99 Å². The van der Waals surface area contributed by atoms with Crippen LogP contribution in [0.4, 0.5) is 0 Å². The Balaban J connectivity index is 0.00000312. The minimum absolute atomic E-state index is 0. The molecule has 6 heteroatoms. The molecule has 148 valence electrons. The fourth-order valence-corrected chi connectivity index (χ4v) is 3.77. The standard InChI is InChI=1S/C19H38N4O.HI/c1-20-19(21-12-9-17-10-14-23(2)15-11-17)22-13-16-24-18-7-5-3-4-6-8-18;/h17-18H,3-16H2,1-2H3,(H2,20,21,22);1H. The average Bonchev–Trinajstić information content (AvgIpc) is 2.87. The Morgan fingerprint density at radius 2 is 1.64 bits per heavy atom. The highest BCUT2D eigenvalue weighted by Gasteiger charge is 2.16. The van der Waals surface area contributed by atoms with Gasteiger partial charge in [0, 0.05) is 20.1 Å². The minimum atomic E-state index is 0. The van der Waals surface area contributed by atoms with Crippen molar-refractivity contribution in [1.29, 1.82) is 0 Å². The Hall–Kier alpha value is -0.0800. The van der Waals surface area contributed by atoms with Crippen LogP contribution < -0.4 is 10.6 Å². The highest BCUT2D eigenvalue weighted by Crippen LogP contribution is 2.20. The molecule has 2 N–H and O–H groups in total. The Labute approximate surface area is 171 Å². The summed E-state index contributed by atoms with van der Waals surface area (Å²) in [5.41, 5.74) is 0. The number of aliphatic imine (C=N–C) groups is 1. The Morgan fingerprint density at radius 3 is 2.28 bits per heavy atom. The van der Waals surface area contributed by atoms with Crippen LogP contribution in [-0.2, 0) is 4.74 Å². The van der Waals surface area contributed by atoms with Gasteiger partial charge in [-0.1, -0.05) is 25.7 Å². The molecule has 2 rings (SSSR count). The van der Waals surface area contributed by atoms with Gasteiger partial charge < -0.3 is 20.3 Å². The van der Waals surface area contributed by atoms with Gasteiger partial charge in [0.25, 0.3) is 0 Å². The first-order valence-electron chi connectivity index (χ1n) is 10.0. The maximum atomic E-state index is 6.02. The second-order valence-corrected chi connectivity index (χ2v) is 7.45. The van der Waals surface area contributed by atoms with Crippen LogP contribution in [0.1, 0.15) is 57.8 Å². The van der Waals surface area contributed by atoms with Crippen molar-refractivity contribution in [1.82, 2.24) is 15.5 Å². The number of hydrogen-bond donors (Lipinski definition) is 2. The molecule has 0 amide bonds. The van der Waals surface area contributed by atoms with E-state index in [1.807, 2.05) is 7.05 Å². The molecule has 2 fully saturated rings. The fourth-order valence-electron chi connectivity index (χ4n) is 3.77. The highest BCUT2D eigenvalue weighted by molar-refractivity contribution is 14.0. The summed E-state index contributed by atoms with van der Waals surface area (Å²) in [7, 11) is 4.06. The summed E-state index contributed by atoms with van der Waals surface area (Å²) in [6.07, 6.45) is 12.3. The van der Waals surface area contributed by atoms with Gasteiger partial charge in [0.1, 0.15) is 0 Å². The van der Waals surface area contributed by atoms with Crippen LogP contribution >= 0.6 is 24.0 Å². The number of rotatable bonds is 7. The summed E-state index contributed by atoms with van der Waals surface area (Å²) in [5, 5.41) is 6.82. The first kappa shape index (κ1) is 23.0. The van der Waals surface area contributed by atoms with Crippen LogP contribution in [-0.4, -0.2) is 63.8 Å². The van der Waals surface area contributed by atoms with E-state index in [-0.39, 0.29) is 24.0 Å². The second kappa shape index (κ2) is 14.0. The third kappa shape index (κ3) is 9.99. The summed E-state index contributed by atoms with van der Waals surface area (Å²) in [4.78, 5) is 6.74. The number of nitrogens with zero attached hydrogens (tertiary/aromatic N) is 2. The molecule has 0 atom stereocenters. The van der Waals surface area contributed by atoms with E-state index in [4.69, 9.17) is 4.74 Å². The second-order valence-electron chi connectivity index (χ2n) is 7.45. The first-order valence-corrected chi connectivity index (χ1v) is 10.0. The van der Waals surface area contributed by atoms with E-state index in [9.17, 15) is 0 Å². The summed E-state index contributed by atoms with van der Waals surface area (Å²) in [5.74, 6) is 1.78. The summed E-state index contributed by atoms with van der Waals surface area (Å²) >= 11 is 0. The highest BCUT2D eigenvalue weighted by atomic mass is 127. The molecule has 0 aromatic carbocycles. The summed E-state index contributed by atoms with van der Waals surface area (Å²) in [6.45, 7) is 5.12. The number of nitrogens with one attached hydrogen (secondary N) is 2. The molecular formula is C19H39IN4O. The normalized spacial score (nSPS) is 21.4. The van der Waals surface area contributed by atoms with E-state index in [1.54, 1.807) is 0 Å². The molecule has 0 radical (unpaired) electrons. The minimum Gasteiger partial charge on any atom is -0.376 e. The van der Waals surface area contributed by atoms with Crippen LogP contribution in [0.5, 0.6) is 0 Å². The molecule has 0 unspecified atom stereocenters. The van der Waals surface area contributed by atoms with Crippen molar-refractivity contribution in [2.75, 3.05) is 46.9 Å². The largest absolute Gasteiger partial charge is 0.376 e. The van der Waals surface area contributed by atoms with Crippen molar-refractivity contribution in [3.8, 4) is 0 Å². The molecule has 0 spiro atoms. The topological polar surface area (TPSA) is 48.9 Å². The lowest BCUT2D eigenvalue weighted by Gasteiger charge is -2.29. The average molecular weight is 466 g/mol. The molecule has 1 saturated carbocycles. The van der Waals surface area contributed by atoms with Crippen molar-refractivity contribution in [3.63, 3.8) is 0 Å². The van der Waals surface area contributed by atoms with Crippen molar-refractivity contribution in [2.45, 2.75) is 63.9 Å². The van der Waals surface area contributed by atoms with E-state index in [0.717, 1.165) is 31.6 Å². The van der Waals surface area contributed by atoms with E-state index in [2.05, 4.69) is 27.6 Å². The quantitative estimate of drug-likeness (QED) is 0.199. The molecule has 0 bridgehead atoms. The van der Waals surface area contributed by atoms with E-state index in [0.29, 0.717) is 6.10 Å². The Bertz CT molecular complexity index is 351. The van der Waals surface area contributed by atoms with Gasteiger partial charge in [-0.3, -0.25) is 4.99 Å². The zero-order valence-corrected chi connectivity index (χ0v) is 18.6. The van der Waals surface area contributed by atoms with Gasteiger partial charge in [-0.25, -0.2) is 0 Å². The van der Waals surface area contributed by atoms with Gasteiger partial charge in [-0.05, 0) is 58.2 Å². The smallest absolute Gasteiger partial charge is 0.191 e. The van der Waals surface area contributed by atoms with Gasteiger partial charge in [0.05, 0.1) is 12.7 Å². The molecule has 0 aromatic rings. The van der Waals surface area contributed by atoms with E-state index in [1.165, 1.54) is 70.9 Å². The van der Waals surface area contributed by atoms with Crippen molar-refractivity contribution in [3.05, 3.63) is 0 Å². The summed E-state index contributed by atoms with van der Waals surface area (Å²) < 4.78 is 6.02. The molecule has 25 heavy (non-hydrogen) atoms. The Morgan fingerprint density at radius 1 is 1.00 bits per heavy atom. The molecule has 5 nitrogen and oxygen atoms in total. The van der Waals surface area contributed by atoms with Gasteiger partial charge in [-0.15, -0.1) is 24.0 Å². The lowest BCUT2D eigenvalue weighted by molar-refractivity contribution is 0.0468. The van der Waals surface area contributed by atoms with Gasteiger partial charge in [0.2, 0.25) is 0 Å². The van der Waals surface area contributed by atoms with E-state index < -0.39 is 0 Å². The molecular weight excluding hydrogens is 427 g/mol. The van der Waals surface area contributed by atoms with Crippen molar-refractivity contribution >= 4 is 29.9 Å². The molecule has 1 aliphatic heterocycles. The molecule has 1 heterocycles.